The number of aryl methyl sites for hydroxylation is 1. The molecule has 6 heteroatoms. The van der Waals surface area contributed by atoms with E-state index in [0.717, 1.165) is 5.56 Å². The average Bonchev–Trinajstić information content (AvgIpc) is 3.13. The van der Waals surface area contributed by atoms with E-state index < -0.39 is 18.2 Å². The van der Waals surface area contributed by atoms with E-state index in [1.54, 1.807) is 0 Å². The molecule has 2 nitrogen and oxygen atoms in total. The predicted molar refractivity (Wildman–Crippen MR) is 101 cm³/mol. The zero-order valence-electron chi connectivity index (χ0n) is 14.5. The van der Waals surface area contributed by atoms with Crippen LogP contribution in [0.1, 0.15) is 38.0 Å². The van der Waals surface area contributed by atoms with Crippen LogP contribution in [-0.4, -0.2) is 24.3 Å². The number of alkyl halides is 3. The summed E-state index contributed by atoms with van der Waals surface area (Å²) in [5.74, 6) is 0. The van der Waals surface area contributed by atoms with Crippen LogP contribution in [0.2, 0.25) is 18.1 Å². The highest BCUT2D eigenvalue weighted by Gasteiger charge is 2.56. The third-order valence-electron chi connectivity index (χ3n) is 4.87. The van der Waals surface area contributed by atoms with E-state index in [4.69, 9.17) is 44.0 Å². The first-order valence-corrected chi connectivity index (χ1v) is 11.8. The molecule has 0 aromatic heterocycles. The van der Waals surface area contributed by atoms with Gasteiger partial charge in [-0.15, -0.1) is 0 Å². The second-order valence-corrected chi connectivity index (χ2v) is 14.8. The molecule has 0 spiro atoms. The molecule has 0 unspecified atom stereocenters. The summed E-state index contributed by atoms with van der Waals surface area (Å²) >= 11 is 18.7. The van der Waals surface area contributed by atoms with Crippen molar-refractivity contribution in [2.45, 2.75) is 67.9 Å². The Hall–Kier alpha value is 0.227. The van der Waals surface area contributed by atoms with Gasteiger partial charge in [-0.2, -0.15) is 0 Å². The number of halogens is 3. The molecule has 3 atom stereocenters. The zero-order valence-corrected chi connectivity index (χ0v) is 17.8. The number of hydrogen-bond acceptors (Lipinski definition) is 2. The van der Waals surface area contributed by atoms with Gasteiger partial charge in [-0.3, -0.25) is 0 Å². The molecule has 0 radical (unpaired) electrons. The highest BCUT2D eigenvalue weighted by Crippen LogP contribution is 2.51. The van der Waals surface area contributed by atoms with Gasteiger partial charge in [0.1, 0.15) is 18.3 Å². The summed E-state index contributed by atoms with van der Waals surface area (Å²) in [4.78, 5) is 0. The number of epoxide rings is 1. The molecule has 0 bridgehead atoms. The minimum absolute atomic E-state index is 0.0359. The Kier molecular flexibility index (Phi) is 5.53. The van der Waals surface area contributed by atoms with Crippen molar-refractivity contribution in [1.82, 2.24) is 0 Å². The van der Waals surface area contributed by atoms with Gasteiger partial charge in [0.05, 0.1) is 0 Å². The Morgan fingerprint density at radius 1 is 1.13 bits per heavy atom. The Bertz CT molecular complexity index is 564. The Labute approximate surface area is 155 Å². The molecule has 0 aliphatic carbocycles. The smallest absolute Gasteiger partial charge is 0.217 e. The first kappa shape index (κ1) is 19.6. The van der Waals surface area contributed by atoms with Gasteiger partial charge in [-0.25, -0.2) is 0 Å². The van der Waals surface area contributed by atoms with Crippen LogP contribution in [0.5, 0.6) is 0 Å². The summed E-state index contributed by atoms with van der Waals surface area (Å²) in [6.07, 6.45) is -0.864. The normalized spacial score (nSPS) is 23.7. The lowest BCUT2D eigenvalue weighted by atomic mass is 10.0. The maximum Gasteiger partial charge on any atom is 0.217 e. The van der Waals surface area contributed by atoms with E-state index >= 15 is 0 Å². The first-order valence-electron chi connectivity index (χ1n) is 7.80. The van der Waals surface area contributed by atoms with Crippen LogP contribution in [0.4, 0.5) is 0 Å². The molecule has 23 heavy (non-hydrogen) atoms. The third kappa shape index (κ3) is 4.45. The summed E-state index contributed by atoms with van der Waals surface area (Å²) in [6.45, 7) is 12.9. The van der Waals surface area contributed by atoms with E-state index in [1.165, 1.54) is 5.56 Å². The number of hydrogen-bond donors (Lipinski definition) is 0. The van der Waals surface area contributed by atoms with Gasteiger partial charge < -0.3 is 9.16 Å². The summed E-state index contributed by atoms with van der Waals surface area (Å²) in [7, 11) is -2.08. The highest BCUT2D eigenvalue weighted by atomic mass is 35.6. The maximum atomic E-state index is 6.40. The molecule has 1 saturated heterocycles. The van der Waals surface area contributed by atoms with Crippen molar-refractivity contribution in [3.05, 3.63) is 35.4 Å². The molecule has 2 rings (SSSR count). The summed E-state index contributed by atoms with van der Waals surface area (Å²) < 4.78 is 10.8. The lowest BCUT2D eigenvalue weighted by Crippen LogP contribution is -2.49. The molecule has 1 fully saturated rings. The van der Waals surface area contributed by atoms with E-state index in [1.807, 2.05) is 12.1 Å². The first-order chi connectivity index (χ1) is 10.3. The van der Waals surface area contributed by atoms with Crippen LogP contribution >= 0.6 is 34.8 Å². The quantitative estimate of drug-likeness (QED) is 0.344. The molecular weight excluding hydrogens is 371 g/mol. The second-order valence-electron chi connectivity index (χ2n) is 7.72. The molecular formula is C17H25Cl3O2Si. The minimum atomic E-state index is -2.08. The molecule has 0 saturated carbocycles. The largest absolute Gasteiger partial charge is 0.407 e. The topological polar surface area (TPSA) is 21.8 Å². The monoisotopic (exact) mass is 394 g/mol. The van der Waals surface area contributed by atoms with Gasteiger partial charge in [-0.05, 0) is 36.2 Å². The lowest BCUT2D eigenvalue weighted by molar-refractivity contribution is 0.145. The van der Waals surface area contributed by atoms with Gasteiger partial charge >= 0.3 is 0 Å². The van der Waals surface area contributed by atoms with Crippen LogP contribution in [0.25, 0.3) is 0 Å². The molecule has 1 aliphatic heterocycles. The third-order valence-corrected chi connectivity index (χ3v) is 9.97. The number of rotatable bonds is 4. The molecule has 1 aliphatic rings. The molecule has 0 N–H and O–H groups in total. The molecule has 130 valence electrons. The van der Waals surface area contributed by atoms with Crippen LogP contribution in [0.3, 0.4) is 0 Å². The number of benzene rings is 1. The van der Waals surface area contributed by atoms with E-state index in [2.05, 4.69) is 52.9 Å². The Balaban J connectivity index is 2.21. The lowest BCUT2D eigenvalue weighted by Gasteiger charge is -2.40. The van der Waals surface area contributed by atoms with Crippen LogP contribution < -0.4 is 0 Å². The van der Waals surface area contributed by atoms with Crippen molar-refractivity contribution in [2.75, 3.05) is 0 Å². The zero-order chi connectivity index (χ0) is 17.6. The molecule has 1 heterocycles. The summed E-state index contributed by atoms with van der Waals surface area (Å²) in [5, 5.41) is 0.0359. The van der Waals surface area contributed by atoms with Crippen LogP contribution in [-0.2, 0) is 9.16 Å². The van der Waals surface area contributed by atoms with E-state index in [0.29, 0.717) is 0 Å². The van der Waals surface area contributed by atoms with Crippen molar-refractivity contribution < 1.29 is 9.16 Å². The van der Waals surface area contributed by atoms with Crippen molar-refractivity contribution in [2.24, 2.45) is 0 Å². The van der Waals surface area contributed by atoms with Crippen molar-refractivity contribution >= 4 is 43.1 Å². The fourth-order valence-corrected chi connectivity index (χ4v) is 4.35. The van der Waals surface area contributed by atoms with Crippen LogP contribution in [0.15, 0.2) is 24.3 Å². The summed E-state index contributed by atoms with van der Waals surface area (Å²) in [5.41, 5.74) is 2.31. The van der Waals surface area contributed by atoms with Crippen molar-refractivity contribution in [3.8, 4) is 0 Å². The molecule has 1 aromatic carbocycles. The standard InChI is InChI=1S/C17H25Cl3O2Si/c1-11-9-7-8-10-12(11)13-14(21-13)15(17(18,19)20)22-23(5,6)16(2,3)4/h7-10,13-15H,1-6H3/t13-,14+,15+/m0/s1. The van der Waals surface area contributed by atoms with Gasteiger partial charge in [0.25, 0.3) is 0 Å². The van der Waals surface area contributed by atoms with Gasteiger partial charge in [0.15, 0.2) is 8.32 Å². The molecule has 1 aromatic rings. The highest BCUT2D eigenvalue weighted by molar-refractivity contribution is 6.74. The SMILES string of the molecule is Cc1ccccc1[C@@H]1O[C@H]1[C@@H](O[Si](C)(C)C(C)(C)C)C(Cl)(Cl)Cl. The van der Waals surface area contributed by atoms with E-state index in [9.17, 15) is 0 Å². The van der Waals surface area contributed by atoms with E-state index in [-0.39, 0.29) is 17.2 Å². The van der Waals surface area contributed by atoms with Gasteiger partial charge in [0.2, 0.25) is 3.79 Å². The predicted octanol–water partition coefficient (Wildman–Crippen LogP) is 6.20. The number of ether oxygens (including phenoxy) is 1. The minimum Gasteiger partial charge on any atom is -0.407 e. The van der Waals surface area contributed by atoms with Crippen LogP contribution in [0, 0.1) is 6.92 Å². The Morgan fingerprint density at radius 3 is 2.17 bits per heavy atom. The fourth-order valence-electron chi connectivity index (χ4n) is 2.32. The Morgan fingerprint density at radius 2 is 1.70 bits per heavy atom. The molecule has 0 amide bonds. The summed E-state index contributed by atoms with van der Waals surface area (Å²) in [6, 6.07) is 8.13. The fraction of sp³-hybridized carbons (Fsp3) is 0.647. The maximum absolute atomic E-state index is 6.40. The average molecular weight is 396 g/mol. The second kappa shape index (κ2) is 6.51. The van der Waals surface area contributed by atoms with Crippen molar-refractivity contribution in [1.29, 1.82) is 0 Å². The van der Waals surface area contributed by atoms with Gasteiger partial charge in [-0.1, -0.05) is 79.8 Å². The van der Waals surface area contributed by atoms with Crippen molar-refractivity contribution in [3.63, 3.8) is 0 Å². The van der Waals surface area contributed by atoms with Gasteiger partial charge in [0, 0.05) is 0 Å².